The SMILES string of the molecule is CCCCOC(=O)CS(=O)(=O)c1ccccc1OC. The van der Waals surface area contributed by atoms with E-state index >= 15 is 0 Å². The summed E-state index contributed by atoms with van der Waals surface area (Å²) in [7, 11) is -2.36. The van der Waals surface area contributed by atoms with Crippen LogP contribution >= 0.6 is 0 Å². The van der Waals surface area contributed by atoms with E-state index in [0.717, 1.165) is 12.8 Å². The van der Waals surface area contributed by atoms with Crippen LogP contribution in [0.4, 0.5) is 0 Å². The van der Waals surface area contributed by atoms with Gasteiger partial charge in [-0.3, -0.25) is 4.79 Å². The molecule has 0 aromatic heterocycles. The summed E-state index contributed by atoms with van der Waals surface area (Å²) >= 11 is 0. The predicted molar refractivity (Wildman–Crippen MR) is 70.9 cm³/mol. The molecule has 0 aliphatic rings. The van der Waals surface area contributed by atoms with Gasteiger partial charge in [0, 0.05) is 0 Å². The van der Waals surface area contributed by atoms with E-state index in [1.807, 2.05) is 6.92 Å². The lowest BCUT2D eigenvalue weighted by molar-refractivity contribution is -0.140. The molecule has 0 unspecified atom stereocenters. The zero-order valence-electron chi connectivity index (χ0n) is 11.1. The van der Waals surface area contributed by atoms with Gasteiger partial charge in [0.1, 0.15) is 10.6 Å². The fourth-order valence-corrected chi connectivity index (χ4v) is 2.77. The molecule has 0 spiro atoms. The second-order valence-electron chi connectivity index (χ2n) is 3.98. The molecule has 0 saturated carbocycles. The molecule has 0 atom stereocenters. The summed E-state index contributed by atoms with van der Waals surface area (Å²) in [5, 5.41) is 0. The number of hydrogen-bond acceptors (Lipinski definition) is 5. The fourth-order valence-electron chi connectivity index (χ4n) is 1.48. The van der Waals surface area contributed by atoms with Crippen LogP contribution in [0.5, 0.6) is 5.75 Å². The third-order valence-electron chi connectivity index (χ3n) is 2.47. The van der Waals surface area contributed by atoms with Crippen molar-refractivity contribution in [2.75, 3.05) is 19.5 Å². The first-order valence-electron chi connectivity index (χ1n) is 6.02. The van der Waals surface area contributed by atoms with E-state index in [0.29, 0.717) is 0 Å². The van der Waals surface area contributed by atoms with Gasteiger partial charge in [0.2, 0.25) is 0 Å². The maximum absolute atomic E-state index is 12.1. The lowest BCUT2D eigenvalue weighted by atomic mass is 10.3. The van der Waals surface area contributed by atoms with Crippen LogP contribution in [0.3, 0.4) is 0 Å². The number of benzene rings is 1. The first-order valence-corrected chi connectivity index (χ1v) is 7.68. The van der Waals surface area contributed by atoms with Gasteiger partial charge in [0.25, 0.3) is 0 Å². The van der Waals surface area contributed by atoms with Crippen molar-refractivity contribution in [3.8, 4) is 5.75 Å². The highest BCUT2D eigenvalue weighted by molar-refractivity contribution is 7.92. The van der Waals surface area contributed by atoms with Crippen LogP contribution in [0.2, 0.25) is 0 Å². The van der Waals surface area contributed by atoms with Crippen LogP contribution in [-0.2, 0) is 19.4 Å². The molecule has 0 fully saturated rings. The van der Waals surface area contributed by atoms with Crippen LogP contribution in [-0.4, -0.2) is 33.9 Å². The Morgan fingerprint density at radius 1 is 1.26 bits per heavy atom. The Kier molecular flexibility index (Phi) is 5.82. The van der Waals surface area contributed by atoms with E-state index in [1.54, 1.807) is 12.1 Å². The number of methoxy groups -OCH3 is 1. The van der Waals surface area contributed by atoms with Gasteiger partial charge in [-0.2, -0.15) is 0 Å². The molecule has 0 N–H and O–H groups in total. The lowest BCUT2D eigenvalue weighted by Crippen LogP contribution is -2.19. The highest BCUT2D eigenvalue weighted by Gasteiger charge is 2.23. The van der Waals surface area contributed by atoms with Crippen molar-refractivity contribution in [3.63, 3.8) is 0 Å². The van der Waals surface area contributed by atoms with Gasteiger partial charge >= 0.3 is 5.97 Å². The number of rotatable bonds is 7. The Morgan fingerprint density at radius 3 is 2.58 bits per heavy atom. The molecule has 0 radical (unpaired) electrons. The third kappa shape index (κ3) is 4.55. The van der Waals surface area contributed by atoms with E-state index < -0.39 is 21.6 Å². The van der Waals surface area contributed by atoms with Gasteiger partial charge in [0.05, 0.1) is 13.7 Å². The van der Waals surface area contributed by atoms with E-state index in [4.69, 9.17) is 9.47 Å². The van der Waals surface area contributed by atoms with Gasteiger partial charge in [-0.15, -0.1) is 0 Å². The number of carbonyl (C=O) groups excluding carboxylic acids is 1. The maximum atomic E-state index is 12.1. The molecule has 0 amide bonds. The Hall–Kier alpha value is -1.56. The molecule has 1 aromatic rings. The second-order valence-corrected chi connectivity index (χ2v) is 5.94. The molecule has 0 bridgehead atoms. The molecule has 0 aliphatic carbocycles. The minimum Gasteiger partial charge on any atom is -0.495 e. The lowest BCUT2D eigenvalue weighted by Gasteiger charge is -2.09. The van der Waals surface area contributed by atoms with Gasteiger partial charge in [-0.05, 0) is 18.6 Å². The molecular formula is C13H18O5S. The largest absolute Gasteiger partial charge is 0.495 e. The van der Waals surface area contributed by atoms with Crippen molar-refractivity contribution in [3.05, 3.63) is 24.3 Å². The second kappa shape index (κ2) is 7.13. The van der Waals surface area contributed by atoms with Crippen LogP contribution in [0.1, 0.15) is 19.8 Å². The van der Waals surface area contributed by atoms with Gasteiger partial charge < -0.3 is 9.47 Å². The zero-order chi connectivity index (χ0) is 14.3. The number of sulfone groups is 1. The Morgan fingerprint density at radius 2 is 1.95 bits per heavy atom. The Balaban J connectivity index is 2.78. The van der Waals surface area contributed by atoms with Crippen LogP contribution in [0.25, 0.3) is 0 Å². The van der Waals surface area contributed by atoms with Crippen molar-refractivity contribution in [2.45, 2.75) is 24.7 Å². The predicted octanol–water partition coefficient (Wildman–Crippen LogP) is 1.81. The van der Waals surface area contributed by atoms with Crippen molar-refractivity contribution in [2.24, 2.45) is 0 Å². The Bertz CT molecular complexity index is 522. The van der Waals surface area contributed by atoms with E-state index in [2.05, 4.69) is 0 Å². The minimum absolute atomic E-state index is 0.00458. The van der Waals surface area contributed by atoms with E-state index in [1.165, 1.54) is 19.2 Å². The van der Waals surface area contributed by atoms with Crippen molar-refractivity contribution in [1.29, 1.82) is 0 Å². The normalized spacial score (nSPS) is 11.1. The minimum atomic E-state index is -3.74. The maximum Gasteiger partial charge on any atom is 0.321 e. The molecular weight excluding hydrogens is 268 g/mol. The zero-order valence-corrected chi connectivity index (χ0v) is 11.9. The topological polar surface area (TPSA) is 69.7 Å². The molecule has 1 aromatic carbocycles. The standard InChI is InChI=1S/C13H18O5S/c1-3-4-9-18-13(14)10-19(15,16)12-8-6-5-7-11(12)17-2/h5-8H,3-4,9-10H2,1-2H3. The number of para-hydroxylation sites is 1. The van der Waals surface area contributed by atoms with Crippen molar-refractivity contribution < 1.29 is 22.7 Å². The van der Waals surface area contributed by atoms with Gasteiger partial charge in [-0.1, -0.05) is 25.5 Å². The summed E-state index contributed by atoms with van der Waals surface area (Å²) in [5.41, 5.74) is 0. The summed E-state index contributed by atoms with van der Waals surface area (Å²) in [6.45, 7) is 2.20. The van der Waals surface area contributed by atoms with E-state index in [9.17, 15) is 13.2 Å². The quantitative estimate of drug-likeness (QED) is 0.565. The van der Waals surface area contributed by atoms with Crippen molar-refractivity contribution in [1.82, 2.24) is 0 Å². The summed E-state index contributed by atoms with van der Waals surface area (Å²) in [6.07, 6.45) is 1.60. The van der Waals surface area contributed by atoms with Crippen LogP contribution in [0.15, 0.2) is 29.2 Å². The molecule has 0 heterocycles. The monoisotopic (exact) mass is 286 g/mol. The smallest absolute Gasteiger partial charge is 0.321 e. The number of unbranched alkanes of at least 4 members (excludes halogenated alkanes) is 1. The number of carbonyl (C=O) groups is 1. The summed E-state index contributed by atoms with van der Waals surface area (Å²) in [6, 6.07) is 6.19. The molecule has 19 heavy (non-hydrogen) atoms. The van der Waals surface area contributed by atoms with Crippen molar-refractivity contribution >= 4 is 15.8 Å². The highest BCUT2D eigenvalue weighted by Crippen LogP contribution is 2.23. The average molecular weight is 286 g/mol. The first-order chi connectivity index (χ1) is 9.01. The molecule has 5 nitrogen and oxygen atoms in total. The fraction of sp³-hybridized carbons (Fsp3) is 0.462. The summed E-state index contributed by atoms with van der Waals surface area (Å²) < 4.78 is 34.0. The molecule has 6 heteroatoms. The Labute approximate surface area is 113 Å². The van der Waals surface area contributed by atoms with Gasteiger partial charge in [0.15, 0.2) is 15.6 Å². The molecule has 0 saturated heterocycles. The summed E-state index contributed by atoms with van der Waals surface area (Å²) in [5.74, 6) is -1.18. The average Bonchev–Trinajstić information content (AvgIpc) is 2.38. The molecule has 0 aliphatic heterocycles. The van der Waals surface area contributed by atoms with Crippen LogP contribution < -0.4 is 4.74 Å². The highest BCUT2D eigenvalue weighted by atomic mass is 32.2. The molecule has 1 rings (SSSR count). The summed E-state index contributed by atoms with van der Waals surface area (Å²) in [4.78, 5) is 11.5. The molecule has 106 valence electrons. The van der Waals surface area contributed by atoms with Gasteiger partial charge in [-0.25, -0.2) is 8.42 Å². The first kappa shape index (κ1) is 15.5. The van der Waals surface area contributed by atoms with E-state index in [-0.39, 0.29) is 17.3 Å². The number of esters is 1. The van der Waals surface area contributed by atoms with Crippen LogP contribution in [0, 0.1) is 0 Å². The number of ether oxygens (including phenoxy) is 2. The third-order valence-corrected chi connectivity index (χ3v) is 4.10. The number of hydrogen-bond donors (Lipinski definition) is 0.